The standard InChI is InChI=1S/C14H26N4O2.HI/c1-7-9-16-12(15-8-2)17-10-11-18(6)13(19)20-14(3,4)5;/h1H,8-11H2,2-6H3,(H2,15,16,17);1H. The average Bonchev–Trinajstić information content (AvgIpc) is 2.33. The van der Waals surface area contributed by atoms with E-state index in [1.54, 1.807) is 7.05 Å². The number of likely N-dealkylation sites (N-methyl/N-ethyl adjacent to an activating group) is 1. The molecular formula is C14H27IN4O2. The fourth-order valence-electron chi connectivity index (χ4n) is 1.22. The molecule has 0 rings (SSSR count). The molecule has 0 aromatic heterocycles. The summed E-state index contributed by atoms with van der Waals surface area (Å²) in [6.07, 6.45) is 4.83. The Morgan fingerprint density at radius 1 is 1.38 bits per heavy atom. The smallest absolute Gasteiger partial charge is 0.410 e. The molecule has 0 saturated carbocycles. The lowest BCUT2D eigenvalue weighted by Gasteiger charge is -2.24. The van der Waals surface area contributed by atoms with Gasteiger partial charge in [0.25, 0.3) is 0 Å². The Labute approximate surface area is 145 Å². The molecule has 6 nitrogen and oxygen atoms in total. The minimum atomic E-state index is -0.488. The van der Waals surface area contributed by atoms with Gasteiger partial charge in [0.2, 0.25) is 0 Å². The number of guanidine groups is 1. The second-order valence-corrected chi connectivity index (χ2v) is 5.22. The summed E-state index contributed by atoms with van der Waals surface area (Å²) < 4.78 is 5.25. The zero-order chi connectivity index (χ0) is 15.6. The van der Waals surface area contributed by atoms with Crippen molar-refractivity contribution in [3.05, 3.63) is 0 Å². The molecule has 0 bridgehead atoms. The third kappa shape index (κ3) is 12.3. The van der Waals surface area contributed by atoms with E-state index in [4.69, 9.17) is 11.2 Å². The van der Waals surface area contributed by atoms with E-state index in [1.807, 2.05) is 27.7 Å². The molecule has 0 heterocycles. The monoisotopic (exact) mass is 410 g/mol. The zero-order valence-electron chi connectivity index (χ0n) is 13.5. The van der Waals surface area contributed by atoms with Gasteiger partial charge in [-0.05, 0) is 27.7 Å². The zero-order valence-corrected chi connectivity index (χ0v) is 15.9. The number of hydrogen-bond donors (Lipinski definition) is 2. The molecule has 0 saturated heterocycles. The third-order valence-electron chi connectivity index (χ3n) is 2.11. The maximum atomic E-state index is 11.7. The molecule has 7 heteroatoms. The molecule has 0 aliphatic carbocycles. The van der Waals surface area contributed by atoms with E-state index in [1.165, 1.54) is 4.90 Å². The van der Waals surface area contributed by atoms with Gasteiger partial charge in [0.15, 0.2) is 5.96 Å². The topological polar surface area (TPSA) is 66.0 Å². The lowest BCUT2D eigenvalue weighted by Crippen LogP contribution is -2.39. The minimum absolute atomic E-state index is 0. The predicted molar refractivity (Wildman–Crippen MR) is 97.1 cm³/mol. The van der Waals surface area contributed by atoms with Crippen LogP contribution in [0.1, 0.15) is 27.7 Å². The first-order chi connectivity index (χ1) is 9.30. The summed E-state index contributed by atoms with van der Waals surface area (Å²) in [5.41, 5.74) is -0.488. The number of carbonyl (C=O) groups excluding carboxylic acids is 1. The highest BCUT2D eigenvalue weighted by atomic mass is 127. The molecule has 21 heavy (non-hydrogen) atoms. The van der Waals surface area contributed by atoms with E-state index in [-0.39, 0.29) is 30.1 Å². The highest BCUT2D eigenvalue weighted by Gasteiger charge is 2.19. The summed E-state index contributed by atoms with van der Waals surface area (Å²) in [5.74, 6) is 3.12. The number of terminal acetylenes is 1. The van der Waals surface area contributed by atoms with Crippen molar-refractivity contribution in [1.29, 1.82) is 0 Å². The molecule has 0 unspecified atom stereocenters. The highest BCUT2D eigenvalue weighted by Crippen LogP contribution is 2.08. The van der Waals surface area contributed by atoms with Crippen LogP contribution in [0, 0.1) is 12.3 Å². The average molecular weight is 410 g/mol. The Balaban J connectivity index is 0. The number of ether oxygens (including phenoxy) is 1. The van der Waals surface area contributed by atoms with E-state index in [9.17, 15) is 4.79 Å². The lowest BCUT2D eigenvalue weighted by atomic mass is 10.2. The fraction of sp³-hybridized carbons (Fsp3) is 0.714. The lowest BCUT2D eigenvalue weighted by molar-refractivity contribution is 0.0304. The van der Waals surface area contributed by atoms with Crippen molar-refractivity contribution in [2.24, 2.45) is 4.99 Å². The Morgan fingerprint density at radius 3 is 2.48 bits per heavy atom. The predicted octanol–water partition coefficient (Wildman–Crippen LogP) is 1.66. The number of amides is 1. The van der Waals surface area contributed by atoms with Gasteiger partial charge >= 0.3 is 6.09 Å². The summed E-state index contributed by atoms with van der Waals surface area (Å²) >= 11 is 0. The molecule has 0 radical (unpaired) electrons. The molecule has 0 aromatic rings. The van der Waals surface area contributed by atoms with Crippen LogP contribution in [-0.2, 0) is 4.74 Å². The number of rotatable bonds is 5. The number of hydrogen-bond acceptors (Lipinski definition) is 3. The van der Waals surface area contributed by atoms with Crippen LogP contribution in [-0.4, -0.2) is 55.8 Å². The van der Waals surface area contributed by atoms with Crippen LogP contribution in [0.5, 0.6) is 0 Å². The normalized spacial score (nSPS) is 11.0. The van der Waals surface area contributed by atoms with Crippen LogP contribution in [0.2, 0.25) is 0 Å². The Kier molecular flexibility index (Phi) is 12.1. The summed E-state index contributed by atoms with van der Waals surface area (Å²) in [7, 11) is 1.69. The van der Waals surface area contributed by atoms with E-state index in [2.05, 4.69) is 21.5 Å². The number of carbonyl (C=O) groups is 1. The van der Waals surface area contributed by atoms with Crippen molar-refractivity contribution in [3.63, 3.8) is 0 Å². The molecule has 0 aromatic carbocycles. The van der Waals surface area contributed by atoms with E-state index in [0.717, 1.165) is 6.54 Å². The molecule has 122 valence electrons. The van der Waals surface area contributed by atoms with Crippen molar-refractivity contribution in [2.75, 3.05) is 33.2 Å². The molecule has 1 amide bonds. The Hall–Kier alpha value is -1.17. The molecule has 0 aliphatic rings. The number of aliphatic imine (C=N–C) groups is 1. The number of nitrogens with one attached hydrogen (secondary N) is 2. The Morgan fingerprint density at radius 2 is 2.00 bits per heavy atom. The molecule has 0 spiro atoms. The van der Waals surface area contributed by atoms with Crippen molar-refractivity contribution in [1.82, 2.24) is 15.5 Å². The molecular weight excluding hydrogens is 383 g/mol. The maximum Gasteiger partial charge on any atom is 0.410 e. The summed E-state index contributed by atoms with van der Waals surface area (Å²) in [5, 5.41) is 6.05. The van der Waals surface area contributed by atoms with Gasteiger partial charge in [-0.25, -0.2) is 4.79 Å². The number of halogens is 1. The molecule has 0 aliphatic heterocycles. The molecule has 0 atom stereocenters. The molecule has 0 fully saturated rings. The Bertz CT molecular complexity index is 372. The first kappa shape index (κ1) is 22.1. The summed E-state index contributed by atoms with van der Waals surface area (Å²) in [6, 6.07) is 0. The van der Waals surface area contributed by atoms with Crippen molar-refractivity contribution < 1.29 is 9.53 Å². The second kappa shape index (κ2) is 11.5. The third-order valence-corrected chi connectivity index (χ3v) is 2.11. The van der Waals surface area contributed by atoms with Crippen LogP contribution in [0.25, 0.3) is 0 Å². The van der Waals surface area contributed by atoms with E-state index in [0.29, 0.717) is 25.6 Å². The first-order valence-corrected chi connectivity index (χ1v) is 6.70. The minimum Gasteiger partial charge on any atom is -0.444 e. The SMILES string of the molecule is C#CCNC(=NCCN(C)C(=O)OC(C)(C)C)NCC.I. The van der Waals surface area contributed by atoms with Gasteiger partial charge < -0.3 is 20.3 Å². The van der Waals surface area contributed by atoms with Crippen molar-refractivity contribution >= 4 is 36.0 Å². The quantitative estimate of drug-likeness (QED) is 0.313. The molecule has 2 N–H and O–H groups in total. The van der Waals surface area contributed by atoms with E-state index < -0.39 is 5.60 Å². The fourth-order valence-corrected chi connectivity index (χ4v) is 1.22. The van der Waals surface area contributed by atoms with Gasteiger partial charge in [-0.1, -0.05) is 5.92 Å². The summed E-state index contributed by atoms with van der Waals surface area (Å²) in [6.45, 7) is 9.58. The van der Waals surface area contributed by atoms with Gasteiger partial charge in [-0.3, -0.25) is 4.99 Å². The van der Waals surface area contributed by atoms with Gasteiger partial charge in [0.1, 0.15) is 5.60 Å². The largest absolute Gasteiger partial charge is 0.444 e. The van der Waals surface area contributed by atoms with Gasteiger partial charge in [0, 0.05) is 20.1 Å². The van der Waals surface area contributed by atoms with Crippen LogP contribution < -0.4 is 10.6 Å². The maximum absolute atomic E-state index is 11.7. The first-order valence-electron chi connectivity index (χ1n) is 6.70. The van der Waals surface area contributed by atoms with Crippen LogP contribution in [0.3, 0.4) is 0 Å². The van der Waals surface area contributed by atoms with Gasteiger partial charge in [-0.15, -0.1) is 30.4 Å². The van der Waals surface area contributed by atoms with Crippen molar-refractivity contribution in [2.45, 2.75) is 33.3 Å². The number of nitrogens with zero attached hydrogens (tertiary/aromatic N) is 2. The van der Waals surface area contributed by atoms with E-state index >= 15 is 0 Å². The van der Waals surface area contributed by atoms with Crippen molar-refractivity contribution in [3.8, 4) is 12.3 Å². The van der Waals surface area contributed by atoms with Gasteiger partial charge in [0.05, 0.1) is 13.1 Å². The second-order valence-electron chi connectivity index (χ2n) is 5.22. The van der Waals surface area contributed by atoms with Gasteiger partial charge in [-0.2, -0.15) is 0 Å². The van der Waals surface area contributed by atoms with Crippen LogP contribution in [0.15, 0.2) is 4.99 Å². The van der Waals surface area contributed by atoms with Crippen LogP contribution in [0.4, 0.5) is 4.79 Å². The van der Waals surface area contributed by atoms with Crippen LogP contribution >= 0.6 is 24.0 Å². The highest BCUT2D eigenvalue weighted by molar-refractivity contribution is 14.0. The summed E-state index contributed by atoms with van der Waals surface area (Å²) in [4.78, 5) is 17.5.